The van der Waals surface area contributed by atoms with Crippen LogP contribution in [0.2, 0.25) is 0 Å². The Hall–Kier alpha value is -0.860. The molecule has 0 unspecified atom stereocenters. The lowest BCUT2D eigenvalue weighted by molar-refractivity contribution is -0.428. The minimum Gasteiger partial charge on any atom is -0.259 e. The molecular formula is C9H17NO2. The van der Waals surface area contributed by atoms with E-state index in [1.54, 1.807) is 6.08 Å². The molecule has 0 radical (unpaired) electrons. The van der Waals surface area contributed by atoms with Crippen LogP contribution in [-0.4, -0.2) is 4.92 Å². The van der Waals surface area contributed by atoms with E-state index in [-0.39, 0.29) is 4.92 Å². The lowest BCUT2D eigenvalue weighted by Crippen LogP contribution is -1.98. The molecule has 0 bridgehead atoms. The van der Waals surface area contributed by atoms with Gasteiger partial charge in [0.1, 0.15) is 0 Å². The highest BCUT2D eigenvalue weighted by Crippen LogP contribution is 2.09. The van der Waals surface area contributed by atoms with Crippen LogP contribution < -0.4 is 0 Å². The Labute approximate surface area is 73.6 Å². The molecule has 0 aromatic carbocycles. The van der Waals surface area contributed by atoms with E-state index in [1.807, 2.05) is 6.92 Å². The number of allylic oxidation sites excluding steroid dienone is 2. The molecule has 0 saturated heterocycles. The van der Waals surface area contributed by atoms with E-state index in [0.29, 0.717) is 12.1 Å². The third-order valence-corrected chi connectivity index (χ3v) is 1.71. The molecule has 0 rings (SSSR count). The van der Waals surface area contributed by atoms with E-state index >= 15 is 0 Å². The first-order valence-corrected chi connectivity index (χ1v) is 4.55. The molecular weight excluding hydrogens is 154 g/mol. The zero-order valence-corrected chi connectivity index (χ0v) is 7.88. The lowest BCUT2D eigenvalue weighted by Gasteiger charge is -1.96. The maximum Gasteiger partial charge on any atom is 0.242 e. The van der Waals surface area contributed by atoms with Gasteiger partial charge in [0.25, 0.3) is 0 Å². The van der Waals surface area contributed by atoms with E-state index in [4.69, 9.17) is 0 Å². The maximum atomic E-state index is 10.4. The summed E-state index contributed by atoms with van der Waals surface area (Å²) < 4.78 is 0. The Kier molecular flexibility index (Phi) is 6.34. The molecule has 0 aliphatic rings. The topological polar surface area (TPSA) is 43.1 Å². The van der Waals surface area contributed by atoms with Crippen LogP contribution in [0, 0.1) is 10.1 Å². The van der Waals surface area contributed by atoms with Crippen molar-refractivity contribution in [2.45, 2.75) is 46.0 Å². The summed E-state index contributed by atoms with van der Waals surface area (Å²) in [5, 5.41) is 10.4. The first-order chi connectivity index (χ1) is 5.72. The van der Waals surface area contributed by atoms with Gasteiger partial charge in [-0.1, -0.05) is 26.7 Å². The van der Waals surface area contributed by atoms with Gasteiger partial charge in [0.2, 0.25) is 5.70 Å². The van der Waals surface area contributed by atoms with Crippen molar-refractivity contribution < 1.29 is 4.92 Å². The molecule has 0 fully saturated rings. The fraction of sp³-hybridized carbons (Fsp3) is 0.778. The third kappa shape index (κ3) is 4.88. The fourth-order valence-electron chi connectivity index (χ4n) is 1.06. The first-order valence-electron chi connectivity index (χ1n) is 4.55. The fourth-order valence-corrected chi connectivity index (χ4v) is 1.06. The highest BCUT2D eigenvalue weighted by atomic mass is 16.6. The number of nitro groups is 1. The van der Waals surface area contributed by atoms with Crippen molar-refractivity contribution in [1.82, 2.24) is 0 Å². The van der Waals surface area contributed by atoms with E-state index < -0.39 is 0 Å². The van der Waals surface area contributed by atoms with Crippen LogP contribution in [0.15, 0.2) is 11.8 Å². The molecule has 0 saturated carbocycles. The smallest absolute Gasteiger partial charge is 0.242 e. The van der Waals surface area contributed by atoms with E-state index in [0.717, 1.165) is 25.7 Å². The highest BCUT2D eigenvalue weighted by Gasteiger charge is 2.07. The number of unbranched alkanes of at least 4 members (excludes halogenated alkanes) is 2. The van der Waals surface area contributed by atoms with Gasteiger partial charge in [-0.3, -0.25) is 10.1 Å². The number of rotatable bonds is 6. The summed E-state index contributed by atoms with van der Waals surface area (Å²) in [4.78, 5) is 10.2. The minimum absolute atomic E-state index is 0.265. The maximum absolute atomic E-state index is 10.4. The monoisotopic (exact) mass is 171 g/mol. The van der Waals surface area contributed by atoms with Crippen LogP contribution in [0.1, 0.15) is 46.0 Å². The van der Waals surface area contributed by atoms with Gasteiger partial charge in [0.15, 0.2) is 0 Å². The van der Waals surface area contributed by atoms with Crippen molar-refractivity contribution in [2.75, 3.05) is 0 Å². The minimum atomic E-state index is -0.265. The van der Waals surface area contributed by atoms with Crippen LogP contribution >= 0.6 is 0 Å². The van der Waals surface area contributed by atoms with Crippen LogP contribution in [-0.2, 0) is 0 Å². The van der Waals surface area contributed by atoms with Gasteiger partial charge in [0, 0.05) is 6.42 Å². The summed E-state index contributed by atoms with van der Waals surface area (Å²) in [7, 11) is 0. The van der Waals surface area contributed by atoms with E-state index in [9.17, 15) is 10.1 Å². The predicted octanol–water partition coefficient (Wildman–Crippen LogP) is 3.14. The summed E-state index contributed by atoms with van der Waals surface area (Å²) in [5.74, 6) is 0. The first kappa shape index (κ1) is 11.1. The normalized spacial score (nSPS) is 11.7. The summed E-state index contributed by atoms with van der Waals surface area (Å²) in [6, 6.07) is 0. The summed E-state index contributed by atoms with van der Waals surface area (Å²) >= 11 is 0. The van der Waals surface area contributed by atoms with Crippen LogP contribution in [0.3, 0.4) is 0 Å². The molecule has 0 aliphatic heterocycles. The molecule has 0 atom stereocenters. The molecule has 0 heterocycles. The van der Waals surface area contributed by atoms with Gasteiger partial charge < -0.3 is 0 Å². The Morgan fingerprint density at radius 1 is 1.42 bits per heavy atom. The van der Waals surface area contributed by atoms with Crippen LogP contribution in [0.4, 0.5) is 0 Å². The summed E-state index contributed by atoms with van der Waals surface area (Å²) in [6.45, 7) is 4.01. The van der Waals surface area contributed by atoms with Gasteiger partial charge in [-0.2, -0.15) is 0 Å². The zero-order chi connectivity index (χ0) is 9.40. The zero-order valence-electron chi connectivity index (χ0n) is 7.88. The van der Waals surface area contributed by atoms with Crippen molar-refractivity contribution in [3.8, 4) is 0 Å². The molecule has 70 valence electrons. The molecule has 12 heavy (non-hydrogen) atoms. The second kappa shape index (κ2) is 6.83. The molecule has 0 N–H and O–H groups in total. The van der Waals surface area contributed by atoms with Crippen molar-refractivity contribution in [3.63, 3.8) is 0 Å². The predicted molar refractivity (Wildman–Crippen MR) is 49.5 cm³/mol. The molecule has 3 heteroatoms. The second-order valence-electron chi connectivity index (χ2n) is 2.82. The Morgan fingerprint density at radius 2 is 2.08 bits per heavy atom. The SMILES string of the molecule is CC/C=C(\CCCCC)[N+](=O)[O-]. The summed E-state index contributed by atoms with van der Waals surface area (Å²) in [6.07, 6.45) is 6.20. The average Bonchev–Trinajstić information content (AvgIpc) is 2.03. The average molecular weight is 171 g/mol. The second-order valence-corrected chi connectivity index (χ2v) is 2.82. The van der Waals surface area contributed by atoms with Crippen molar-refractivity contribution in [1.29, 1.82) is 0 Å². The quantitative estimate of drug-likeness (QED) is 0.350. The molecule has 0 aromatic rings. The van der Waals surface area contributed by atoms with Crippen molar-refractivity contribution in [2.24, 2.45) is 0 Å². The highest BCUT2D eigenvalue weighted by molar-refractivity contribution is 4.90. The third-order valence-electron chi connectivity index (χ3n) is 1.71. The van der Waals surface area contributed by atoms with Gasteiger partial charge in [-0.25, -0.2) is 0 Å². The standard InChI is InChI=1S/C9H17NO2/c1-3-5-6-8-9(7-4-2)10(11)12/h7H,3-6,8H2,1-2H3/b9-7+. The lowest BCUT2D eigenvalue weighted by atomic mass is 10.1. The number of hydrogen-bond donors (Lipinski definition) is 0. The Morgan fingerprint density at radius 3 is 2.50 bits per heavy atom. The molecule has 0 amide bonds. The molecule has 0 aromatic heterocycles. The molecule has 3 nitrogen and oxygen atoms in total. The number of nitrogens with zero attached hydrogens (tertiary/aromatic N) is 1. The van der Waals surface area contributed by atoms with Crippen molar-refractivity contribution >= 4 is 0 Å². The molecule has 0 aliphatic carbocycles. The van der Waals surface area contributed by atoms with Crippen LogP contribution in [0.5, 0.6) is 0 Å². The van der Waals surface area contributed by atoms with Crippen molar-refractivity contribution in [3.05, 3.63) is 21.9 Å². The largest absolute Gasteiger partial charge is 0.259 e. The number of hydrogen-bond acceptors (Lipinski definition) is 2. The van der Waals surface area contributed by atoms with Gasteiger partial charge in [-0.05, 0) is 18.9 Å². The van der Waals surface area contributed by atoms with Gasteiger partial charge >= 0.3 is 0 Å². The van der Waals surface area contributed by atoms with Crippen LogP contribution in [0.25, 0.3) is 0 Å². The summed E-state index contributed by atoms with van der Waals surface area (Å²) in [5.41, 5.74) is 0.381. The van der Waals surface area contributed by atoms with E-state index in [2.05, 4.69) is 6.92 Å². The molecule has 0 spiro atoms. The van der Waals surface area contributed by atoms with Gasteiger partial charge in [-0.15, -0.1) is 0 Å². The van der Waals surface area contributed by atoms with Gasteiger partial charge in [0.05, 0.1) is 4.92 Å². The Balaban J connectivity index is 3.81. The van der Waals surface area contributed by atoms with E-state index in [1.165, 1.54) is 0 Å². The Bertz CT molecular complexity index is 164.